The smallest absolute Gasteiger partial charge is 0.258 e. The van der Waals surface area contributed by atoms with E-state index in [1.807, 2.05) is 17.2 Å². The van der Waals surface area contributed by atoms with Crippen molar-refractivity contribution in [3.63, 3.8) is 0 Å². The van der Waals surface area contributed by atoms with Crippen molar-refractivity contribution in [1.29, 1.82) is 0 Å². The normalized spacial score (nSPS) is 16.1. The number of likely N-dealkylation sites (tertiary alicyclic amines) is 1. The highest BCUT2D eigenvalue weighted by Gasteiger charge is 2.34. The molecule has 2 aromatic carbocycles. The molecule has 1 amide bonds. The summed E-state index contributed by atoms with van der Waals surface area (Å²) in [6.45, 7) is 0.645. The average Bonchev–Trinajstić information content (AvgIpc) is 3.46. The van der Waals surface area contributed by atoms with E-state index in [1.165, 1.54) is 11.2 Å². The second kappa shape index (κ2) is 8.73. The second-order valence-corrected chi connectivity index (χ2v) is 9.27. The average molecular weight is 484 g/mol. The number of aromatic nitrogens is 4. The molecular formula is C23H19Cl2N5OS. The summed E-state index contributed by atoms with van der Waals surface area (Å²) in [6.07, 6.45) is 6.78. The van der Waals surface area contributed by atoms with E-state index in [0.717, 1.165) is 29.7 Å². The zero-order valence-electron chi connectivity index (χ0n) is 17.2. The molecule has 0 radical (unpaired) electrons. The Morgan fingerprint density at radius 1 is 1.19 bits per heavy atom. The van der Waals surface area contributed by atoms with Crippen molar-refractivity contribution < 1.29 is 4.79 Å². The van der Waals surface area contributed by atoms with Gasteiger partial charge in [0, 0.05) is 23.2 Å². The van der Waals surface area contributed by atoms with Gasteiger partial charge in [0.2, 0.25) is 0 Å². The fourth-order valence-corrected chi connectivity index (χ4v) is 4.84. The van der Waals surface area contributed by atoms with Crippen molar-refractivity contribution in [3.8, 4) is 11.3 Å². The highest BCUT2D eigenvalue weighted by Crippen LogP contribution is 2.35. The number of carbonyl (C=O) groups is 1. The maximum absolute atomic E-state index is 13.6. The van der Waals surface area contributed by atoms with E-state index in [2.05, 4.69) is 27.1 Å². The number of halogens is 2. The Kier molecular flexibility index (Phi) is 5.80. The fourth-order valence-electron chi connectivity index (χ4n) is 4.10. The fraction of sp³-hybridized carbons (Fsp3) is 0.217. The monoisotopic (exact) mass is 483 g/mol. The number of amides is 1. The summed E-state index contributed by atoms with van der Waals surface area (Å²) in [5.41, 5.74) is 3.55. The molecule has 5 rings (SSSR count). The van der Waals surface area contributed by atoms with Crippen molar-refractivity contribution in [1.82, 2.24) is 24.8 Å². The molecule has 9 heteroatoms. The van der Waals surface area contributed by atoms with E-state index in [0.29, 0.717) is 33.4 Å². The molecule has 1 fully saturated rings. The SMILES string of the molecule is CSc1ccc2nc([C@@H]3CCCN3C(=O)c3cncnc3-c3ccc(Cl)c(Cl)c3)[nH]c2c1. The van der Waals surface area contributed by atoms with E-state index < -0.39 is 0 Å². The van der Waals surface area contributed by atoms with Crippen molar-refractivity contribution in [2.75, 3.05) is 12.8 Å². The lowest BCUT2D eigenvalue weighted by molar-refractivity contribution is 0.0730. The van der Waals surface area contributed by atoms with Crippen LogP contribution in [0.4, 0.5) is 0 Å². The number of rotatable bonds is 4. The number of fused-ring (bicyclic) bond motifs is 1. The molecule has 32 heavy (non-hydrogen) atoms. The summed E-state index contributed by atoms with van der Waals surface area (Å²) >= 11 is 13.9. The van der Waals surface area contributed by atoms with Gasteiger partial charge in [0.1, 0.15) is 12.2 Å². The molecule has 1 aliphatic rings. The summed E-state index contributed by atoms with van der Waals surface area (Å²) in [6, 6.07) is 11.2. The lowest BCUT2D eigenvalue weighted by Crippen LogP contribution is -2.31. The van der Waals surface area contributed by atoms with Crippen LogP contribution >= 0.6 is 35.0 Å². The van der Waals surface area contributed by atoms with Gasteiger partial charge in [0.05, 0.1) is 38.4 Å². The number of imidazole rings is 1. The molecule has 3 heterocycles. The summed E-state index contributed by atoms with van der Waals surface area (Å²) in [5, 5.41) is 0.860. The van der Waals surface area contributed by atoms with Gasteiger partial charge in [-0.25, -0.2) is 15.0 Å². The van der Waals surface area contributed by atoms with Crippen LogP contribution in [0.25, 0.3) is 22.3 Å². The van der Waals surface area contributed by atoms with Crippen LogP contribution < -0.4 is 0 Å². The number of thioether (sulfide) groups is 1. The number of carbonyl (C=O) groups excluding carboxylic acids is 1. The molecule has 1 aliphatic heterocycles. The Bertz CT molecular complexity index is 1320. The van der Waals surface area contributed by atoms with Gasteiger partial charge in [-0.3, -0.25) is 4.79 Å². The third-order valence-corrected chi connectivity index (χ3v) is 7.14. The molecule has 4 aromatic rings. The number of hydrogen-bond acceptors (Lipinski definition) is 5. The van der Waals surface area contributed by atoms with Crippen LogP contribution in [0.5, 0.6) is 0 Å². The van der Waals surface area contributed by atoms with Crippen LogP contribution in [0.3, 0.4) is 0 Å². The van der Waals surface area contributed by atoms with Crippen LogP contribution in [-0.2, 0) is 0 Å². The van der Waals surface area contributed by atoms with Crippen LogP contribution in [-0.4, -0.2) is 43.5 Å². The van der Waals surface area contributed by atoms with Gasteiger partial charge >= 0.3 is 0 Å². The molecule has 162 valence electrons. The molecular weight excluding hydrogens is 465 g/mol. The third kappa shape index (κ3) is 3.85. The number of nitrogens with zero attached hydrogens (tertiary/aromatic N) is 4. The summed E-state index contributed by atoms with van der Waals surface area (Å²) in [4.78, 5) is 33.3. The predicted octanol–water partition coefficient (Wildman–Crippen LogP) is 6.03. The van der Waals surface area contributed by atoms with E-state index in [-0.39, 0.29) is 11.9 Å². The first-order chi connectivity index (χ1) is 15.5. The third-order valence-electron chi connectivity index (χ3n) is 5.67. The van der Waals surface area contributed by atoms with Gasteiger partial charge in [0.15, 0.2) is 0 Å². The second-order valence-electron chi connectivity index (χ2n) is 7.58. The minimum atomic E-state index is -0.130. The maximum Gasteiger partial charge on any atom is 0.258 e. The molecule has 0 spiro atoms. The molecule has 0 saturated carbocycles. The highest BCUT2D eigenvalue weighted by molar-refractivity contribution is 7.98. The van der Waals surface area contributed by atoms with Gasteiger partial charge in [-0.1, -0.05) is 29.3 Å². The molecule has 1 N–H and O–H groups in total. The summed E-state index contributed by atoms with van der Waals surface area (Å²) in [7, 11) is 0. The van der Waals surface area contributed by atoms with Gasteiger partial charge in [-0.2, -0.15) is 0 Å². The molecule has 0 bridgehead atoms. The van der Waals surface area contributed by atoms with E-state index in [4.69, 9.17) is 28.2 Å². The van der Waals surface area contributed by atoms with Crippen molar-refractivity contribution in [2.24, 2.45) is 0 Å². The Morgan fingerprint density at radius 3 is 2.88 bits per heavy atom. The molecule has 6 nitrogen and oxygen atoms in total. The van der Waals surface area contributed by atoms with Crippen molar-refractivity contribution >= 4 is 51.9 Å². The predicted molar refractivity (Wildman–Crippen MR) is 128 cm³/mol. The van der Waals surface area contributed by atoms with E-state index in [1.54, 1.807) is 36.2 Å². The van der Waals surface area contributed by atoms with Crippen LogP contribution in [0.1, 0.15) is 35.1 Å². The Balaban J connectivity index is 1.50. The van der Waals surface area contributed by atoms with Gasteiger partial charge in [0.25, 0.3) is 5.91 Å². The number of aromatic amines is 1. The van der Waals surface area contributed by atoms with Crippen molar-refractivity contribution in [2.45, 2.75) is 23.8 Å². The van der Waals surface area contributed by atoms with Gasteiger partial charge in [-0.15, -0.1) is 11.8 Å². The zero-order chi connectivity index (χ0) is 22.2. The summed E-state index contributed by atoms with van der Waals surface area (Å²) in [5.74, 6) is 0.677. The minimum Gasteiger partial charge on any atom is -0.340 e. The number of hydrogen-bond donors (Lipinski definition) is 1. The van der Waals surface area contributed by atoms with Crippen LogP contribution in [0.2, 0.25) is 10.0 Å². The van der Waals surface area contributed by atoms with Crippen LogP contribution in [0, 0.1) is 0 Å². The quantitative estimate of drug-likeness (QED) is 0.358. The molecule has 2 aromatic heterocycles. The first-order valence-electron chi connectivity index (χ1n) is 10.1. The Labute approximate surface area is 199 Å². The first-order valence-corrected chi connectivity index (χ1v) is 12.1. The Morgan fingerprint density at radius 2 is 2.06 bits per heavy atom. The minimum absolute atomic E-state index is 0.126. The molecule has 0 unspecified atom stereocenters. The zero-order valence-corrected chi connectivity index (χ0v) is 19.5. The van der Waals surface area contributed by atoms with Gasteiger partial charge in [-0.05, 0) is 49.4 Å². The van der Waals surface area contributed by atoms with Crippen LogP contribution in [0.15, 0.2) is 53.8 Å². The number of benzene rings is 2. The topological polar surface area (TPSA) is 74.8 Å². The highest BCUT2D eigenvalue weighted by atomic mass is 35.5. The Hall–Kier alpha value is -2.61. The summed E-state index contributed by atoms with van der Waals surface area (Å²) < 4.78 is 0. The lowest BCUT2D eigenvalue weighted by atomic mass is 10.1. The number of nitrogens with one attached hydrogen (secondary N) is 1. The number of H-pyrrole nitrogens is 1. The largest absolute Gasteiger partial charge is 0.340 e. The van der Waals surface area contributed by atoms with E-state index >= 15 is 0 Å². The lowest BCUT2D eigenvalue weighted by Gasteiger charge is -2.24. The standard InChI is InChI=1S/C23H19Cl2N5OS/c1-32-14-5-7-18-19(10-14)29-22(28-18)20-3-2-8-30(20)23(31)15-11-26-12-27-21(15)13-4-6-16(24)17(25)9-13/h4-7,9-12,20H,2-3,8H2,1H3,(H,28,29)/t20-/m0/s1. The van der Waals surface area contributed by atoms with E-state index in [9.17, 15) is 4.79 Å². The maximum atomic E-state index is 13.6. The molecule has 1 saturated heterocycles. The van der Waals surface area contributed by atoms with Crippen molar-refractivity contribution in [3.05, 3.63) is 70.4 Å². The molecule has 0 aliphatic carbocycles. The van der Waals surface area contributed by atoms with Gasteiger partial charge < -0.3 is 9.88 Å². The molecule has 1 atom stereocenters. The first kappa shape index (κ1) is 21.2.